The fourth-order valence-electron chi connectivity index (χ4n) is 2.71. The van der Waals surface area contributed by atoms with Gasteiger partial charge in [-0.25, -0.2) is 24.0 Å². The summed E-state index contributed by atoms with van der Waals surface area (Å²) in [4.78, 5) is 4.10. The molecule has 2 rings (SSSR count). The van der Waals surface area contributed by atoms with E-state index >= 15 is 0 Å². The summed E-state index contributed by atoms with van der Waals surface area (Å²) in [7, 11) is -3.52. The largest absolute Gasteiger partial charge is 0.308 e. The second-order valence-electron chi connectivity index (χ2n) is 6.10. The average Bonchev–Trinajstić information content (AvgIpc) is 2.37. The second kappa shape index (κ2) is 5.67. The highest BCUT2D eigenvalue weighted by Crippen LogP contribution is 2.35. The number of pyridine rings is 1. The van der Waals surface area contributed by atoms with E-state index in [9.17, 15) is 8.42 Å². The molecule has 112 valence electrons. The lowest BCUT2D eigenvalue weighted by Gasteiger charge is -2.35. The number of nitrogens with zero attached hydrogens (tertiary/aromatic N) is 1. The van der Waals surface area contributed by atoms with E-state index in [1.165, 1.54) is 12.3 Å². The third kappa shape index (κ3) is 3.68. The molecule has 0 radical (unpaired) electrons. The van der Waals surface area contributed by atoms with Crippen molar-refractivity contribution in [3.05, 3.63) is 18.3 Å². The van der Waals surface area contributed by atoms with Gasteiger partial charge in [-0.3, -0.25) is 0 Å². The Labute approximate surface area is 120 Å². The number of hydrazine groups is 1. The Balaban J connectivity index is 2.10. The minimum Gasteiger partial charge on any atom is -0.308 e. The lowest BCUT2D eigenvalue weighted by molar-refractivity contribution is 0.212. The van der Waals surface area contributed by atoms with Crippen molar-refractivity contribution < 1.29 is 8.42 Å². The zero-order valence-electron chi connectivity index (χ0n) is 11.9. The molecule has 0 saturated heterocycles. The van der Waals surface area contributed by atoms with Crippen LogP contribution < -0.4 is 16.0 Å². The Morgan fingerprint density at radius 3 is 2.70 bits per heavy atom. The van der Waals surface area contributed by atoms with Gasteiger partial charge in [-0.05, 0) is 36.8 Å². The minimum absolute atomic E-state index is 0.00365. The van der Waals surface area contributed by atoms with Crippen LogP contribution >= 0.6 is 0 Å². The molecule has 0 aliphatic heterocycles. The first-order chi connectivity index (χ1) is 9.32. The van der Waals surface area contributed by atoms with Gasteiger partial charge in [0.2, 0.25) is 10.0 Å². The number of hydrogen-bond donors (Lipinski definition) is 3. The molecule has 0 bridgehead atoms. The van der Waals surface area contributed by atoms with Gasteiger partial charge in [0, 0.05) is 12.2 Å². The Bertz CT molecular complexity index is 554. The van der Waals surface area contributed by atoms with E-state index in [4.69, 9.17) is 5.84 Å². The Morgan fingerprint density at radius 2 is 2.15 bits per heavy atom. The molecule has 1 heterocycles. The highest BCUT2D eigenvalue weighted by molar-refractivity contribution is 7.89. The zero-order valence-corrected chi connectivity index (χ0v) is 12.7. The van der Waals surface area contributed by atoms with Gasteiger partial charge in [0.05, 0.1) is 0 Å². The van der Waals surface area contributed by atoms with Crippen LogP contribution in [0, 0.1) is 5.41 Å². The van der Waals surface area contributed by atoms with E-state index in [0.29, 0.717) is 5.82 Å². The van der Waals surface area contributed by atoms with E-state index in [1.54, 1.807) is 6.07 Å². The second-order valence-corrected chi connectivity index (χ2v) is 7.82. The number of hydrogen-bond acceptors (Lipinski definition) is 5. The lowest BCUT2D eigenvalue weighted by Crippen LogP contribution is -2.40. The first kappa shape index (κ1) is 15.2. The van der Waals surface area contributed by atoms with Crippen LogP contribution in [0.4, 0.5) is 5.82 Å². The quantitative estimate of drug-likeness (QED) is 0.579. The topological polar surface area (TPSA) is 97.1 Å². The normalized spacial score (nSPS) is 22.4. The SMILES string of the molecule is CC1(C)CCCC(NS(=O)(=O)c2ccc(NN)nc2)C1. The maximum absolute atomic E-state index is 12.3. The van der Waals surface area contributed by atoms with Crippen LogP contribution in [0.3, 0.4) is 0 Å². The van der Waals surface area contributed by atoms with Crippen LogP contribution in [0.2, 0.25) is 0 Å². The highest BCUT2D eigenvalue weighted by Gasteiger charge is 2.30. The van der Waals surface area contributed by atoms with Crippen molar-refractivity contribution in [1.29, 1.82) is 0 Å². The molecule has 1 aromatic heterocycles. The number of aromatic nitrogens is 1. The monoisotopic (exact) mass is 298 g/mol. The molecule has 1 atom stereocenters. The third-order valence-corrected chi connectivity index (χ3v) is 5.23. The molecule has 1 fully saturated rings. The smallest absolute Gasteiger partial charge is 0.242 e. The number of sulfonamides is 1. The number of nitrogens with one attached hydrogen (secondary N) is 2. The predicted octanol–water partition coefficient (Wildman–Crippen LogP) is 1.61. The average molecular weight is 298 g/mol. The maximum atomic E-state index is 12.3. The summed E-state index contributed by atoms with van der Waals surface area (Å²) in [6.07, 6.45) is 5.25. The maximum Gasteiger partial charge on any atom is 0.242 e. The van der Waals surface area contributed by atoms with Crippen LogP contribution in [-0.4, -0.2) is 19.4 Å². The van der Waals surface area contributed by atoms with Crippen LogP contribution in [-0.2, 0) is 10.0 Å². The van der Waals surface area contributed by atoms with Crippen molar-refractivity contribution in [2.75, 3.05) is 5.43 Å². The van der Waals surface area contributed by atoms with Gasteiger partial charge in [-0.1, -0.05) is 20.3 Å². The highest BCUT2D eigenvalue weighted by atomic mass is 32.2. The Morgan fingerprint density at radius 1 is 1.40 bits per heavy atom. The molecule has 0 amide bonds. The predicted molar refractivity (Wildman–Crippen MR) is 78.4 cm³/mol. The summed E-state index contributed by atoms with van der Waals surface area (Å²) in [6, 6.07) is 3.04. The molecule has 7 heteroatoms. The third-order valence-electron chi connectivity index (χ3n) is 3.72. The van der Waals surface area contributed by atoms with Crippen LogP contribution in [0.1, 0.15) is 39.5 Å². The van der Waals surface area contributed by atoms with Gasteiger partial charge in [0.15, 0.2) is 0 Å². The molecule has 1 aliphatic rings. The molecule has 1 saturated carbocycles. The summed E-state index contributed by atoms with van der Waals surface area (Å²) in [6.45, 7) is 4.35. The van der Waals surface area contributed by atoms with Crippen molar-refractivity contribution in [3.8, 4) is 0 Å². The van der Waals surface area contributed by atoms with Gasteiger partial charge < -0.3 is 5.43 Å². The van der Waals surface area contributed by atoms with Gasteiger partial charge in [0.25, 0.3) is 0 Å². The molecule has 0 spiro atoms. The van der Waals surface area contributed by atoms with Crippen LogP contribution in [0.5, 0.6) is 0 Å². The van der Waals surface area contributed by atoms with Gasteiger partial charge in [0.1, 0.15) is 10.7 Å². The molecule has 1 unspecified atom stereocenters. The summed E-state index contributed by atoms with van der Waals surface area (Å²) < 4.78 is 27.4. The van der Waals surface area contributed by atoms with E-state index in [0.717, 1.165) is 25.7 Å². The lowest BCUT2D eigenvalue weighted by atomic mass is 9.75. The molecule has 20 heavy (non-hydrogen) atoms. The minimum atomic E-state index is -3.52. The molecule has 0 aromatic carbocycles. The molecule has 6 nitrogen and oxygen atoms in total. The fraction of sp³-hybridized carbons (Fsp3) is 0.615. The fourth-order valence-corrected chi connectivity index (χ4v) is 3.93. The van der Waals surface area contributed by atoms with E-state index in [1.807, 2.05) is 0 Å². The molecule has 1 aromatic rings. The Hall–Kier alpha value is -1.18. The van der Waals surface area contributed by atoms with Crippen LogP contribution in [0.25, 0.3) is 0 Å². The summed E-state index contributed by atoms with van der Waals surface area (Å²) in [5, 5.41) is 0. The first-order valence-electron chi connectivity index (χ1n) is 6.77. The molecule has 1 aliphatic carbocycles. The number of anilines is 1. The summed E-state index contributed by atoms with van der Waals surface area (Å²) >= 11 is 0. The summed E-state index contributed by atoms with van der Waals surface area (Å²) in [5.41, 5.74) is 2.56. The van der Waals surface area contributed by atoms with E-state index < -0.39 is 10.0 Å². The molecular weight excluding hydrogens is 276 g/mol. The van der Waals surface area contributed by atoms with Crippen LogP contribution in [0.15, 0.2) is 23.2 Å². The summed E-state index contributed by atoms with van der Waals surface area (Å²) in [5.74, 6) is 5.64. The standard InChI is InChI=1S/C13H22N4O2S/c1-13(2)7-3-4-10(8-13)17-20(18,19)11-5-6-12(16-14)15-9-11/h5-6,9-10,17H,3-4,7-8,14H2,1-2H3,(H,15,16). The van der Waals surface area contributed by atoms with Crippen molar-refractivity contribution in [1.82, 2.24) is 9.71 Å². The van der Waals surface area contributed by atoms with Crippen molar-refractivity contribution >= 4 is 15.8 Å². The zero-order chi connectivity index (χ0) is 14.8. The number of nitrogens with two attached hydrogens (primary N) is 1. The van der Waals surface area contributed by atoms with E-state index in [-0.39, 0.29) is 16.4 Å². The molecular formula is C13H22N4O2S. The van der Waals surface area contributed by atoms with Gasteiger partial charge in [-0.15, -0.1) is 0 Å². The van der Waals surface area contributed by atoms with E-state index in [2.05, 4.69) is 29.0 Å². The van der Waals surface area contributed by atoms with Crippen molar-refractivity contribution in [2.24, 2.45) is 11.3 Å². The number of nitrogen functional groups attached to an aromatic ring is 1. The molecule has 4 N–H and O–H groups in total. The van der Waals surface area contributed by atoms with Crippen molar-refractivity contribution in [2.45, 2.75) is 50.5 Å². The number of rotatable bonds is 4. The first-order valence-corrected chi connectivity index (χ1v) is 8.26. The van der Waals surface area contributed by atoms with Gasteiger partial charge >= 0.3 is 0 Å². The van der Waals surface area contributed by atoms with Crippen molar-refractivity contribution in [3.63, 3.8) is 0 Å². The Kier molecular flexibility index (Phi) is 4.31. The van der Waals surface area contributed by atoms with Gasteiger partial charge in [-0.2, -0.15) is 0 Å².